The summed E-state index contributed by atoms with van der Waals surface area (Å²) < 4.78 is 5.51. The highest BCUT2D eigenvalue weighted by Gasteiger charge is 2.16. The highest BCUT2D eigenvalue weighted by Crippen LogP contribution is 2.31. The summed E-state index contributed by atoms with van der Waals surface area (Å²) in [4.78, 5) is 8.29. The molecular weight excluding hydrogens is 278 g/mol. The number of furan rings is 1. The molecule has 6 heteroatoms. The second kappa shape index (κ2) is 5.11. The maximum Gasteiger partial charge on any atom is 0.231 e. The van der Waals surface area contributed by atoms with Gasteiger partial charge in [-0.2, -0.15) is 0 Å². The molecule has 2 N–H and O–H groups in total. The summed E-state index contributed by atoms with van der Waals surface area (Å²) in [6.45, 7) is 1.66. The Bertz CT molecular complexity index is 770. The fourth-order valence-electron chi connectivity index (χ4n) is 2.09. The van der Waals surface area contributed by atoms with Crippen molar-refractivity contribution >= 4 is 34.2 Å². The number of nitrogens with one attached hydrogen (secondary N) is 1. The number of fused-ring (bicyclic) bond motifs is 1. The Hall–Kier alpha value is -2.11. The summed E-state index contributed by atoms with van der Waals surface area (Å²) in [5.41, 5.74) is 1.94. The van der Waals surface area contributed by atoms with Crippen LogP contribution in [0.2, 0.25) is 5.02 Å². The van der Waals surface area contributed by atoms with Gasteiger partial charge in [0.05, 0.1) is 12.0 Å². The first-order valence-corrected chi connectivity index (χ1v) is 6.43. The lowest BCUT2D eigenvalue weighted by atomic mass is 10.2. The zero-order valence-corrected chi connectivity index (χ0v) is 11.5. The molecule has 0 spiro atoms. The van der Waals surface area contributed by atoms with Crippen LogP contribution in [0.3, 0.4) is 0 Å². The largest absolute Gasteiger partial charge is 0.442 e. The molecule has 0 aliphatic carbocycles. The van der Waals surface area contributed by atoms with E-state index in [1.165, 1.54) is 6.33 Å². The molecule has 1 aromatic carbocycles. The molecule has 0 bridgehead atoms. The third kappa shape index (κ3) is 2.21. The maximum absolute atomic E-state index is 9.48. The molecule has 0 saturated carbocycles. The fraction of sp³-hybridized carbons (Fsp3) is 0.143. The minimum Gasteiger partial charge on any atom is -0.442 e. The number of benzene rings is 1. The van der Waals surface area contributed by atoms with Gasteiger partial charge in [-0.15, -0.1) is 0 Å². The monoisotopic (exact) mass is 289 g/mol. The topological polar surface area (TPSA) is 71.2 Å². The first-order chi connectivity index (χ1) is 9.69. The van der Waals surface area contributed by atoms with Crippen LogP contribution in [0.25, 0.3) is 11.1 Å². The van der Waals surface area contributed by atoms with E-state index in [1.54, 1.807) is 19.1 Å². The molecule has 0 unspecified atom stereocenters. The van der Waals surface area contributed by atoms with Gasteiger partial charge in [0.2, 0.25) is 5.71 Å². The summed E-state index contributed by atoms with van der Waals surface area (Å²) in [6, 6.07) is 7.31. The van der Waals surface area contributed by atoms with E-state index in [2.05, 4.69) is 15.3 Å². The van der Waals surface area contributed by atoms with Gasteiger partial charge in [-0.1, -0.05) is 17.7 Å². The predicted molar refractivity (Wildman–Crippen MR) is 77.2 cm³/mol. The molecule has 102 valence electrons. The van der Waals surface area contributed by atoms with Crippen molar-refractivity contribution in [2.75, 3.05) is 5.32 Å². The second-order valence-corrected chi connectivity index (χ2v) is 4.77. The molecule has 2 heterocycles. The van der Waals surface area contributed by atoms with Crippen LogP contribution in [-0.4, -0.2) is 15.1 Å². The van der Waals surface area contributed by atoms with Crippen molar-refractivity contribution in [3.05, 3.63) is 46.9 Å². The normalized spacial score (nSPS) is 10.9. The van der Waals surface area contributed by atoms with Crippen molar-refractivity contribution in [1.29, 1.82) is 0 Å². The van der Waals surface area contributed by atoms with Gasteiger partial charge in [0.15, 0.2) is 0 Å². The molecule has 0 radical (unpaired) electrons. The number of anilines is 2. The van der Waals surface area contributed by atoms with E-state index in [0.29, 0.717) is 33.3 Å². The Kier molecular flexibility index (Phi) is 3.30. The van der Waals surface area contributed by atoms with Crippen LogP contribution in [0.5, 0.6) is 0 Å². The number of aliphatic hydroxyl groups excluding tert-OH is 1. The highest BCUT2D eigenvalue weighted by molar-refractivity contribution is 6.30. The zero-order chi connectivity index (χ0) is 14.1. The maximum atomic E-state index is 9.48. The van der Waals surface area contributed by atoms with Gasteiger partial charge in [0.1, 0.15) is 17.9 Å². The minimum absolute atomic E-state index is 0.129. The van der Waals surface area contributed by atoms with Gasteiger partial charge < -0.3 is 14.8 Å². The lowest BCUT2D eigenvalue weighted by Gasteiger charge is -2.07. The van der Waals surface area contributed by atoms with Crippen LogP contribution in [-0.2, 0) is 6.61 Å². The first-order valence-electron chi connectivity index (χ1n) is 6.05. The molecule has 0 fully saturated rings. The lowest BCUT2D eigenvalue weighted by Crippen LogP contribution is -1.96. The molecule has 3 aromatic rings. The number of aliphatic hydroxyl groups is 1. The molecule has 3 rings (SSSR count). The SMILES string of the molecule is Cc1oc2ncnc(Nc3cccc(Cl)c3)c2c1CO. The van der Waals surface area contributed by atoms with Crippen molar-refractivity contribution in [2.24, 2.45) is 0 Å². The number of rotatable bonds is 3. The zero-order valence-electron chi connectivity index (χ0n) is 10.7. The fourth-order valence-corrected chi connectivity index (χ4v) is 2.28. The standard InChI is InChI=1S/C14H12ClN3O2/c1-8-11(6-19)12-13(16-7-17-14(12)20-8)18-10-4-2-3-9(15)5-10/h2-5,7,19H,6H2,1H3,(H,16,17,18). The lowest BCUT2D eigenvalue weighted by molar-refractivity contribution is 0.280. The number of aryl methyl sites for hydroxylation is 1. The molecule has 5 nitrogen and oxygen atoms in total. The van der Waals surface area contributed by atoms with Crippen LogP contribution >= 0.6 is 11.6 Å². The van der Waals surface area contributed by atoms with E-state index in [4.69, 9.17) is 16.0 Å². The third-order valence-electron chi connectivity index (χ3n) is 3.03. The van der Waals surface area contributed by atoms with Crippen molar-refractivity contribution < 1.29 is 9.52 Å². The summed E-state index contributed by atoms with van der Waals surface area (Å²) in [5.74, 6) is 1.22. The van der Waals surface area contributed by atoms with Gasteiger partial charge in [0.25, 0.3) is 0 Å². The van der Waals surface area contributed by atoms with Crippen LogP contribution in [0.15, 0.2) is 35.0 Å². The Morgan fingerprint density at radius 1 is 1.35 bits per heavy atom. The molecule has 0 atom stereocenters. The van der Waals surface area contributed by atoms with E-state index >= 15 is 0 Å². The minimum atomic E-state index is -0.129. The Balaban J connectivity index is 2.11. The van der Waals surface area contributed by atoms with E-state index < -0.39 is 0 Å². The second-order valence-electron chi connectivity index (χ2n) is 4.33. The molecule has 0 aliphatic heterocycles. The van der Waals surface area contributed by atoms with Gasteiger partial charge >= 0.3 is 0 Å². The number of nitrogens with zero attached hydrogens (tertiary/aromatic N) is 2. The molecular formula is C14H12ClN3O2. The Morgan fingerprint density at radius 2 is 2.20 bits per heavy atom. The van der Waals surface area contributed by atoms with Gasteiger partial charge in [-0.05, 0) is 25.1 Å². The van der Waals surface area contributed by atoms with E-state index in [1.807, 2.05) is 12.1 Å². The van der Waals surface area contributed by atoms with Crippen molar-refractivity contribution in [2.45, 2.75) is 13.5 Å². The summed E-state index contributed by atoms with van der Waals surface area (Å²) in [7, 11) is 0. The number of aromatic nitrogens is 2. The third-order valence-corrected chi connectivity index (χ3v) is 3.27. The Morgan fingerprint density at radius 3 is 2.95 bits per heavy atom. The molecule has 0 saturated heterocycles. The summed E-state index contributed by atoms with van der Waals surface area (Å²) >= 11 is 5.96. The predicted octanol–water partition coefficient (Wildman–Crippen LogP) is 3.42. The molecule has 0 amide bonds. The van der Waals surface area contributed by atoms with Gasteiger partial charge in [-0.3, -0.25) is 0 Å². The van der Waals surface area contributed by atoms with Crippen LogP contribution in [0.1, 0.15) is 11.3 Å². The van der Waals surface area contributed by atoms with E-state index in [0.717, 1.165) is 5.69 Å². The van der Waals surface area contributed by atoms with E-state index in [-0.39, 0.29) is 6.61 Å². The van der Waals surface area contributed by atoms with Crippen molar-refractivity contribution in [3.8, 4) is 0 Å². The van der Waals surface area contributed by atoms with Gasteiger partial charge in [0, 0.05) is 16.3 Å². The number of hydrogen-bond donors (Lipinski definition) is 2. The van der Waals surface area contributed by atoms with E-state index in [9.17, 15) is 5.11 Å². The van der Waals surface area contributed by atoms with Gasteiger partial charge in [-0.25, -0.2) is 9.97 Å². The van der Waals surface area contributed by atoms with Crippen LogP contribution < -0.4 is 5.32 Å². The van der Waals surface area contributed by atoms with Crippen molar-refractivity contribution in [1.82, 2.24) is 9.97 Å². The average Bonchev–Trinajstić information content (AvgIpc) is 2.75. The Labute approximate surface area is 120 Å². The summed E-state index contributed by atoms with van der Waals surface area (Å²) in [6.07, 6.45) is 1.42. The van der Waals surface area contributed by atoms with Crippen LogP contribution in [0.4, 0.5) is 11.5 Å². The number of halogens is 1. The molecule has 0 aliphatic rings. The van der Waals surface area contributed by atoms with Crippen LogP contribution in [0, 0.1) is 6.92 Å². The summed E-state index contributed by atoms with van der Waals surface area (Å²) in [5, 5.41) is 14.0. The van der Waals surface area contributed by atoms with Crippen molar-refractivity contribution in [3.63, 3.8) is 0 Å². The number of hydrogen-bond acceptors (Lipinski definition) is 5. The average molecular weight is 290 g/mol. The quantitative estimate of drug-likeness (QED) is 0.773. The first kappa shape index (κ1) is 12.9. The molecule has 2 aromatic heterocycles. The smallest absolute Gasteiger partial charge is 0.231 e. The highest BCUT2D eigenvalue weighted by atomic mass is 35.5. The molecule has 20 heavy (non-hydrogen) atoms.